The van der Waals surface area contributed by atoms with Crippen molar-refractivity contribution in [2.75, 3.05) is 6.61 Å². The fraction of sp³-hybridized carbons (Fsp3) is 0.900. The normalized spacial score (nSPS) is 12.8. The molecule has 0 aliphatic carbocycles. The molecular formula is C10H20O2. The van der Waals surface area contributed by atoms with Crippen molar-refractivity contribution in [2.24, 2.45) is 5.92 Å². The number of carbonyl (C=O) groups excluding carboxylic acids is 1. The fourth-order valence-electron chi connectivity index (χ4n) is 1.28. The van der Waals surface area contributed by atoms with Crippen LogP contribution in [0.15, 0.2) is 0 Å². The van der Waals surface area contributed by atoms with E-state index in [1.807, 2.05) is 0 Å². The molecule has 2 heteroatoms. The maximum absolute atomic E-state index is 10.4. The summed E-state index contributed by atoms with van der Waals surface area (Å²) < 4.78 is 0. The monoisotopic (exact) mass is 172 g/mol. The predicted octanol–water partition coefficient (Wildman–Crippen LogP) is 2.15. The molecule has 0 aromatic carbocycles. The number of hydrogen-bond acceptors (Lipinski definition) is 2. The molecule has 0 fully saturated rings. The van der Waals surface area contributed by atoms with Crippen molar-refractivity contribution in [1.29, 1.82) is 0 Å². The molecule has 0 saturated heterocycles. The van der Waals surface area contributed by atoms with Crippen LogP contribution in [0.25, 0.3) is 0 Å². The van der Waals surface area contributed by atoms with E-state index in [9.17, 15) is 4.79 Å². The summed E-state index contributed by atoms with van der Waals surface area (Å²) in [6.07, 6.45) is 7.38. The maximum atomic E-state index is 10.4. The van der Waals surface area contributed by atoms with Gasteiger partial charge in [-0.2, -0.15) is 0 Å². The van der Waals surface area contributed by atoms with Crippen molar-refractivity contribution in [1.82, 2.24) is 0 Å². The Morgan fingerprint density at radius 2 is 2.00 bits per heavy atom. The van der Waals surface area contributed by atoms with Gasteiger partial charge < -0.3 is 9.90 Å². The van der Waals surface area contributed by atoms with Gasteiger partial charge in [0.25, 0.3) is 0 Å². The Kier molecular flexibility index (Phi) is 8.46. The van der Waals surface area contributed by atoms with Gasteiger partial charge in [-0.25, -0.2) is 0 Å². The van der Waals surface area contributed by atoms with Gasteiger partial charge in [0.15, 0.2) is 0 Å². The third-order valence-corrected chi connectivity index (χ3v) is 2.12. The molecule has 0 spiro atoms. The number of aldehydes is 1. The van der Waals surface area contributed by atoms with Crippen molar-refractivity contribution in [3.05, 3.63) is 0 Å². The predicted molar refractivity (Wildman–Crippen MR) is 50.0 cm³/mol. The Morgan fingerprint density at radius 3 is 2.50 bits per heavy atom. The highest BCUT2D eigenvalue weighted by molar-refractivity contribution is 5.53. The molecule has 1 unspecified atom stereocenters. The molecule has 0 amide bonds. The first-order valence-electron chi connectivity index (χ1n) is 4.91. The van der Waals surface area contributed by atoms with E-state index in [-0.39, 0.29) is 12.5 Å². The van der Waals surface area contributed by atoms with Gasteiger partial charge in [0.2, 0.25) is 0 Å². The third kappa shape index (κ3) is 6.35. The van der Waals surface area contributed by atoms with Crippen LogP contribution in [-0.2, 0) is 4.79 Å². The molecule has 0 aliphatic heterocycles. The minimum absolute atomic E-state index is 0.0897. The summed E-state index contributed by atoms with van der Waals surface area (Å²) in [5, 5.41) is 8.61. The van der Waals surface area contributed by atoms with Gasteiger partial charge in [-0.1, -0.05) is 32.6 Å². The molecule has 1 N–H and O–H groups in total. The lowest BCUT2D eigenvalue weighted by atomic mass is 9.99. The Hall–Kier alpha value is -0.370. The first-order valence-corrected chi connectivity index (χ1v) is 4.91. The smallest absolute Gasteiger partial charge is 0.123 e. The molecule has 2 nitrogen and oxygen atoms in total. The van der Waals surface area contributed by atoms with E-state index in [1.165, 1.54) is 19.3 Å². The zero-order valence-electron chi connectivity index (χ0n) is 7.96. The van der Waals surface area contributed by atoms with Crippen LogP contribution >= 0.6 is 0 Å². The maximum Gasteiger partial charge on any atom is 0.123 e. The van der Waals surface area contributed by atoms with Crippen molar-refractivity contribution in [3.63, 3.8) is 0 Å². The first-order chi connectivity index (χ1) is 5.85. The van der Waals surface area contributed by atoms with Gasteiger partial charge in [0, 0.05) is 12.5 Å². The molecule has 0 bridgehead atoms. The van der Waals surface area contributed by atoms with E-state index >= 15 is 0 Å². The molecule has 0 aromatic heterocycles. The summed E-state index contributed by atoms with van der Waals surface area (Å²) in [7, 11) is 0. The van der Waals surface area contributed by atoms with Crippen LogP contribution in [0.4, 0.5) is 0 Å². The lowest BCUT2D eigenvalue weighted by Gasteiger charge is -2.06. The van der Waals surface area contributed by atoms with Crippen LogP contribution in [0.2, 0.25) is 0 Å². The van der Waals surface area contributed by atoms with Gasteiger partial charge in [0.05, 0.1) is 0 Å². The van der Waals surface area contributed by atoms with Crippen molar-refractivity contribution >= 4 is 6.29 Å². The number of hydrogen-bond donors (Lipinski definition) is 1. The number of aliphatic hydroxyl groups is 1. The van der Waals surface area contributed by atoms with E-state index in [4.69, 9.17) is 5.11 Å². The molecule has 0 rings (SSSR count). The van der Waals surface area contributed by atoms with Crippen LogP contribution in [0.5, 0.6) is 0 Å². The minimum atomic E-state index is 0.0897. The molecular weight excluding hydrogens is 152 g/mol. The Morgan fingerprint density at radius 1 is 1.25 bits per heavy atom. The molecule has 0 aliphatic rings. The highest BCUT2D eigenvalue weighted by Gasteiger charge is 2.04. The zero-order chi connectivity index (χ0) is 9.23. The Balaban J connectivity index is 3.25. The number of rotatable bonds is 8. The third-order valence-electron chi connectivity index (χ3n) is 2.12. The van der Waals surface area contributed by atoms with E-state index in [0.29, 0.717) is 6.42 Å². The Bertz CT molecular complexity index is 102. The van der Waals surface area contributed by atoms with Gasteiger partial charge >= 0.3 is 0 Å². The lowest BCUT2D eigenvalue weighted by Crippen LogP contribution is -2.04. The molecule has 0 saturated carbocycles. The molecule has 12 heavy (non-hydrogen) atoms. The quantitative estimate of drug-likeness (QED) is 0.450. The molecule has 1 atom stereocenters. The van der Waals surface area contributed by atoms with Gasteiger partial charge in [-0.3, -0.25) is 0 Å². The van der Waals surface area contributed by atoms with E-state index < -0.39 is 0 Å². The summed E-state index contributed by atoms with van der Waals surface area (Å²) in [5.41, 5.74) is 0. The number of unbranched alkanes of at least 4 members (excludes halogenated alkanes) is 3. The summed E-state index contributed by atoms with van der Waals surface area (Å²) in [5.74, 6) is 0.0897. The number of aliphatic hydroxyl groups excluding tert-OH is 1. The molecule has 0 radical (unpaired) electrons. The van der Waals surface area contributed by atoms with Crippen molar-refractivity contribution in [2.45, 2.75) is 45.4 Å². The number of carbonyl (C=O) groups is 1. The summed E-state index contributed by atoms with van der Waals surface area (Å²) in [6.45, 7) is 2.31. The topological polar surface area (TPSA) is 37.3 Å². The zero-order valence-corrected chi connectivity index (χ0v) is 7.96. The first kappa shape index (κ1) is 11.6. The molecule has 0 aromatic rings. The lowest BCUT2D eigenvalue weighted by molar-refractivity contribution is -0.111. The minimum Gasteiger partial charge on any atom is -0.396 e. The molecule has 0 heterocycles. The summed E-state index contributed by atoms with van der Waals surface area (Å²) in [6, 6.07) is 0. The second-order valence-corrected chi connectivity index (χ2v) is 3.26. The van der Waals surface area contributed by atoms with Crippen LogP contribution in [-0.4, -0.2) is 18.0 Å². The van der Waals surface area contributed by atoms with Crippen LogP contribution in [0, 0.1) is 5.92 Å². The highest BCUT2D eigenvalue weighted by atomic mass is 16.3. The SMILES string of the molecule is CCCCCCC(C=O)CCO. The molecule has 72 valence electrons. The van der Waals surface area contributed by atoms with Crippen LogP contribution in [0.3, 0.4) is 0 Å². The summed E-state index contributed by atoms with van der Waals surface area (Å²) in [4.78, 5) is 10.4. The largest absolute Gasteiger partial charge is 0.396 e. The highest BCUT2D eigenvalue weighted by Crippen LogP contribution is 2.11. The average molecular weight is 172 g/mol. The van der Waals surface area contributed by atoms with Crippen molar-refractivity contribution in [3.8, 4) is 0 Å². The average Bonchev–Trinajstić information content (AvgIpc) is 2.10. The second-order valence-electron chi connectivity index (χ2n) is 3.26. The second kappa shape index (κ2) is 8.72. The van der Waals surface area contributed by atoms with Crippen molar-refractivity contribution < 1.29 is 9.90 Å². The summed E-state index contributed by atoms with van der Waals surface area (Å²) >= 11 is 0. The van der Waals surface area contributed by atoms with Gasteiger partial charge in [-0.05, 0) is 12.8 Å². The van der Waals surface area contributed by atoms with E-state index in [1.54, 1.807) is 0 Å². The standard InChI is InChI=1S/C10H20O2/c1-2-3-4-5-6-10(9-12)7-8-11/h9-11H,2-8H2,1H3. The van der Waals surface area contributed by atoms with Gasteiger partial charge in [-0.15, -0.1) is 0 Å². The van der Waals surface area contributed by atoms with Gasteiger partial charge in [0.1, 0.15) is 6.29 Å². The van der Waals surface area contributed by atoms with Crippen LogP contribution < -0.4 is 0 Å². The van der Waals surface area contributed by atoms with Crippen LogP contribution in [0.1, 0.15) is 45.4 Å². The van der Waals surface area contributed by atoms with E-state index in [2.05, 4.69) is 6.92 Å². The fourth-order valence-corrected chi connectivity index (χ4v) is 1.28. The Labute approximate surface area is 75.0 Å². The van der Waals surface area contributed by atoms with E-state index in [0.717, 1.165) is 19.1 Å².